The van der Waals surface area contributed by atoms with Crippen molar-refractivity contribution in [1.29, 1.82) is 0 Å². The highest BCUT2D eigenvalue weighted by atomic mass is 32.1. The Morgan fingerprint density at radius 1 is 1.48 bits per heavy atom. The normalized spacial score (nSPS) is 11.0. The fourth-order valence-corrected chi connectivity index (χ4v) is 2.54. The fourth-order valence-electron chi connectivity index (χ4n) is 1.76. The quantitative estimate of drug-likeness (QED) is 0.825. The summed E-state index contributed by atoms with van der Waals surface area (Å²) in [6, 6.07) is 3.18. The number of nitrogens with one attached hydrogen (secondary N) is 1. The van der Waals surface area contributed by atoms with Crippen molar-refractivity contribution >= 4 is 17.2 Å². The lowest BCUT2D eigenvalue weighted by molar-refractivity contribution is 0.0926. The maximum absolute atomic E-state index is 12.0. The first kappa shape index (κ1) is 17.3. The third-order valence-electron chi connectivity index (χ3n) is 2.89. The predicted molar refractivity (Wildman–Crippen MR) is 89.4 cm³/mol. The molecule has 23 heavy (non-hydrogen) atoms. The van der Waals surface area contributed by atoms with E-state index in [2.05, 4.69) is 29.1 Å². The summed E-state index contributed by atoms with van der Waals surface area (Å²) in [5, 5.41) is 15.5. The Labute approximate surface area is 139 Å². The first-order valence-corrected chi connectivity index (χ1v) is 8.32. The average Bonchev–Trinajstić information content (AvgIpc) is 3.13. The van der Waals surface area contributed by atoms with Gasteiger partial charge in [0.05, 0.1) is 10.7 Å². The van der Waals surface area contributed by atoms with Gasteiger partial charge in [0.1, 0.15) is 5.60 Å². The molecule has 0 fully saturated rings. The van der Waals surface area contributed by atoms with Gasteiger partial charge in [0.25, 0.3) is 5.91 Å². The van der Waals surface area contributed by atoms with E-state index in [1.807, 2.05) is 5.38 Å². The molecule has 1 amide bonds. The van der Waals surface area contributed by atoms with Crippen LogP contribution in [-0.2, 0) is 12.8 Å². The van der Waals surface area contributed by atoms with Crippen molar-refractivity contribution in [1.82, 2.24) is 10.3 Å². The van der Waals surface area contributed by atoms with Crippen molar-refractivity contribution in [2.75, 3.05) is 6.54 Å². The van der Waals surface area contributed by atoms with Gasteiger partial charge < -0.3 is 14.8 Å². The second kappa shape index (κ2) is 7.44. The van der Waals surface area contributed by atoms with E-state index in [9.17, 15) is 9.90 Å². The highest BCUT2D eigenvalue weighted by molar-refractivity contribution is 7.09. The number of thiazole rings is 1. The van der Waals surface area contributed by atoms with Gasteiger partial charge in [-0.05, 0) is 38.3 Å². The van der Waals surface area contributed by atoms with Crippen LogP contribution in [0.2, 0.25) is 0 Å². The highest BCUT2D eigenvalue weighted by Crippen LogP contribution is 2.11. The fraction of sp³-hybridized carbons (Fsp3) is 0.412. The van der Waals surface area contributed by atoms with Crippen molar-refractivity contribution in [3.63, 3.8) is 0 Å². The molecule has 0 aromatic carbocycles. The minimum absolute atomic E-state index is 0.206. The van der Waals surface area contributed by atoms with E-state index in [4.69, 9.17) is 4.42 Å². The van der Waals surface area contributed by atoms with Gasteiger partial charge in [-0.3, -0.25) is 4.79 Å². The maximum atomic E-state index is 12.0. The van der Waals surface area contributed by atoms with Crippen LogP contribution in [-0.4, -0.2) is 28.1 Å². The third-order valence-corrected chi connectivity index (χ3v) is 3.93. The zero-order valence-corrected chi connectivity index (χ0v) is 14.3. The largest absolute Gasteiger partial charge is 0.443 e. The molecule has 2 rings (SSSR count). The minimum Gasteiger partial charge on any atom is -0.443 e. The number of furan rings is 1. The summed E-state index contributed by atoms with van der Waals surface area (Å²) in [5.74, 6) is 5.60. The summed E-state index contributed by atoms with van der Waals surface area (Å²) >= 11 is 1.64. The second-order valence-electron chi connectivity index (χ2n) is 5.56. The van der Waals surface area contributed by atoms with Gasteiger partial charge in [-0.15, -0.1) is 11.3 Å². The third kappa shape index (κ3) is 5.55. The zero-order chi connectivity index (χ0) is 16.9. The molecular formula is C17H20N2O3S. The Morgan fingerprint density at radius 2 is 2.26 bits per heavy atom. The number of aliphatic hydroxyl groups is 1. The van der Waals surface area contributed by atoms with E-state index < -0.39 is 5.60 Å². The topological polar surface area (TPSA) is 75.4 Å². The van der Waals surface area contributed by atoms with Crippen LogP contribution in [0.4, 0.5) is 0 Å². The van der Waals surface area contributed by atoms with E-state index in [0.717, 1.165) is 17.1 Å². The molecule has 0 bridgehead atoms. The molecule has 0 atom stereocenters. The van der Waals surface area contributed by atoms with Crippen molar-refractivity contribution in [2.24, 2.45) is 0 Å². The number of nitrogens with zero attached hydrogens (tertiary/aromatic N) is 1. The molecule has 6 heteroatoms. The standard InChI is InChI=1S/C17H20N2O3S/c1-4-15-19-12(11-23-15)8-10-18-16(20)14-6-5-13(22-14)7-9-17(2,3)21/h5-6,11,21H,4,8,10H2,1-3H3,(H,18,20). The van der Waals surface area contributed by atoms with Gasteiger partial charge in [0.2, 0.25) is 0 Å². The van der Waals surface area contributed by atoms with Crippen LogP contribution >= 0.6 is 11.3 Å². The minimum atomic E-state index is -1.10. The monoisotopic (exact) mass is 332 g/mol. The van der Waals surface area contributed by atoms with Gasteiger partial charge >= 0.3 is 0 Å². The number of aromatic nitrogens is 1. The molecule has 2 N–H and O–H groups in total. The Bertz CT molecular complexity index is 729. The number of carbonyl (C=O) groups is 1. The Morgan fingerprint density at radius 3 is 2.91 bits per heavy atom. The summed E-state index contributed by atoms with van der Waals surface area (Å²) in [6.45, 7) is 5.73. The molecule has 0 radical (unpaired) electrons. The summed E-state index contributed by atoms with van der Waals surface area (Å²) in [5.41, 5.74) is -0.108. The van der Waals surface area contributed by atoms with Crippen LogP contribution in [0, 0.1) is 11.8 Å². The molecule has 0 aliphatic carbocycles. The smallest absolute Gasteiger partial charge is 0.287 e. The van der Waals surface area contributed by atoms with Gasteiger partial charge in [-0.25, -0.2) is 4.98 Å². The van der Waals surface area contributed by atoms with Crippen molar-refractivity contribution < 1.29 is 14.3 Å². The second-order valence-corrected chi connectivity index (χ2v) is 6.51. The van der Waals surface area contributed by atoms with E-state index in [1.165, 1.54) is 0 Å². The first-order valence-electron chi connectivity index (χ1n) is 7.44. The van der Waals surface area contributed by atoms with Gasteiger partial charge in [-0.2, -0.15) is 0 Å². The SMILES string of the molecule is CCc1nc(CCNC(=O)c2ccc(C#CC(C)(C)O)o2)cs1. The number of carbonyl (C=O) groups excluding carboxylic acids is 1. The summed E-state index contributed by atoms with van der Waals surface area (Å²) < 4.78 is 5.35. The van der Waals surface area contributed by atoms with Crippen molar-refractivity contribution in [3.8, 4) is 11.8 Å². The Balaban J connectivity index is 1.86. The molecule has 0 spiro atoms. The van der Waals surface area contributed by atoms with Gasteiger partial charge in [0.15, 0.2) is 11.5 Å². The highest BCUT2D eigenvalue weighted by Gasteiger charge is 2.11. The van der Waals surface area contributed by atoms with Gasteiger partial charge in [-0.1, -0.05) is 12.8 Å². The van der Waals surface area contributed by atoms with Crippen molar-refractivity contribution in [3.05, 3.63) is 39.7 Å². The summed E-state index contributed by atoms with van der Waals surface area (Å²) in [6.07, 6.45) is 1.62. The lowest BCUT2D eigenvalue weighted by Crippen LogP contribution is -2.25. The number of hydrogen-bond acceptors (Lipinski definition) is 5. The Kier molecular flexibility index (Phi) is 5.59. The molecular weight excluding hydrogens is 312 g/mol. The molecule has 122 valence electrons. The summed E-state index contributed by atoms with van der Waals surface area (Å²) in [4.78, 5) is 16.4. The Hall–Kier alpha value is -2.10. The average molecular weight is 332 g/mol. The summed E-state index contributed by atoms with van der Waals surface area (Å²) in [7, 11) is 0. The van der Waals surface area contributed by atoms with Crippen molar-refractivity contribution in [2.45, 2.75) is 39.2 Å². The molecule has 2 aromatic heterocycles. The molecule has 2 heterocycles. The number of aryl methyl sites for hydroxylation is 1. The van der Waals surface area contributed by atoms with E-state index in [1.54, 1.807) is 37.3 Å². The van der Waals surface area contributed by atoms with Crippen LogP contribution in [0.5, 0.6) is 0 Å². The maximum Gasteiger partial charge on any atom is 0.287 e. The zero-order valence-electron chi connectivity index (χ0n) is 13.5. The lowest BCUT2D eigenvalue weighted by Gasteiger charge is -2.05. The molecule has 0 saturated heterocycles. The van der Waals surface area contributed by atoms with Gasteiger partial charge in [0, 0.05) is 18.3 Å². The molecule has 5 nitrogen and oxygen atoms in total. The molecule has 2 aromatic rings. The number of rotatable bonds is 5. The molecule has 0 aliphatic rings. The van der Waals surface area contributed by atoms with Crippen LogP contribution in [0.1, 0.15) is 47.8 Å². The predicted octanol–water partition coefficient (Wildman–Crippen LogP) is 2.39. The van der Waals surface area contributed by atoms with Crippen LogP contribution in [0.25, 0.3) is 0 Å². The van der Waals surface area contributed by atoms with E-state index in [-0.39, 0.29) is 11.7 Å². The number of hydrogen-bond donors (Lipinski definition) is 2. The van der Waals surface area contributed by atoms with Crippen LogP contribution in [0.3, 0.4) is 0 Å². The van der Waals surface area contributed by atoms with Crippen LogP contribution in [0.15, 0.2) is 21.9 Å². The molecule has 0 unspecified atom stereocenters. The number of amides is 1. The first-order chi connectivity index (χ1) is 10.9. The van der Waals surface area contributed by atoms with E-state index >= 15 is 0 Å². The molecule has 0 aliphatic heterocycles. The van der Waals surface area contributed by atoms with Crippen LogP contribution < -0.4 is 5.32 Å². The molecule has 0 saturated carbocycles. The lowest BCUT2D eigenvalue weighted by atomic mass is 10.1. The van der Waals surface area contributed by atoms with E-state index in [0.29, 0.717) is 18.7 Å².